The van der Waals surface area contributed by atoms with Gasteiger partial charge in [0, 0.05) is 10.7 Å². The first kappa shape index (κ1) is 15.6. The standard InChI is InChI=1S/C15H21ClO3S/c1-11-9-15(20(16,17)18)12(2)8-14(11)19-10-13-6-4-3-5-7-13/h8-9,13H,3-7,10H2,1-2H3. The minimum Gasteiger partial charge on any atom is -0.493 e. The summed E-state index contributed by atoms with van der Waals surface area (Å²) in [5.74, 6) is 1.39. The van der Waals surface area contributed by atoms with Gasteiger partial charge in [-0.2, -0.15) is 0 Å². The van der Waals surface area contributed by atoms with E-state index in [-0.39, 0.29) is 4.90 Å². The van der Waals surface area contributed by atoms with Gasteiger partial charge in [-0.05, 0) is 55.9 Å². The molecule has 1 saturated carbocycles. The minimum atomic E-state index is -3.69. The highest BCUT2D eigenvalue weighted by molar-refractivity contribution is 8.13. The van der Waals surface area contributed by atoms with Gasteiger partial charge in [0.15, 0.2) is 0 Å². The molecule has 0 spiro atoms. The lowest BCUT2D eigenvalue weighted by Crippen LogP contribution is -2.15. The van der Waals surface area contributed by atoms with Crippen LogP contribution in [0.1, 0.15) is 43.2 Å². The maximum Gasteiger partial charge on any atom is 0.261 e. The summed E-state index contributed by atoms with van der Waals surface area (Å²) in [7, 11) is 1.73. The largest absolute Gasteiger partial charge is 0.493 e. The van der Waals surface area contributed by atoms with Gasteiger partial charge in [-0.15, -0.1) is 0 Å². The highest BCUT2D eigenvalue weighted by atomic mass is 35.7. The second kappa shape index (κ2) is 6.35. The van der Waals surface area contributed by atoms with Crippen molar-refractivity contribution in [2.45, 2.75) is 50.8 Å². The van der Waals surface area contributed by atoms with Gasteiger partial charge in [0.1, 0.15) is 5.75 Å². The lowest BCUT2D eigenvalue weighted by atomic mass is 9.90. The zero-order valence-electron chi connectivity index (χ0n) is 12.0. The van der Waals surface area contributed by atoms with Crippen molar-refractivity contribution in [1.29, 1.82) is 0 Å². The predicted molar refractivity (Wildman–Crippen MR) is 81.0 cm³/mol. The van der Waals surface area contributed by atoms with E-state index in [4.69, 9.17) is 15.4 Å². The fourth-order valence-electron chi connectivity index (χ4n) is 2.74. The summed E-state index contributed by atoms with van der Waals surface area (Å²) in [6, 6.07) is 3.36. The lowest BCUT2D eigenvalue weighted by molar-refractivity contribution is 0.207. The molecule has 0 atom stereocenters. The highest BCUT2D eigenvalue weighted by Gasteiger charge is 2.18. The molecule has 0 aliphatic heterocycles. The van der Waals surface area contributed by atoms with Gasteiger partial charge >= 0.3 is 0 Å². The number of halogens is 1. The maximum atomic E-state index is 11.4. The van der Waals surface area contributed by atoms with Crippen LogP contribution in [0.3, 0.4) is 0 Å². The molecule has 112 valence electrons. The zero-order valence-corrected chi connectivity index (χ0v) is 13.6. The molecule has 1 aromatic rings. The second-order valence-corrected chi connectivity index (χ2v) is 8.17. The first-order valence-electron chi connectivity index (χ1n) is 7.06. The third kappa shape index (κ3) is 3.89. The first-order chi connectivity index (χ1) is 9.38. The molecule has 0 radical (unpaired) electrons. The van der Waals surface area contributed by atoms with Gasteiger partial charge in [-0.3, -0.25) is 0 Å². The first-order valence-corrected chi connectivity index (χ1v) is 9.37. The van der Waals surface area contributed by atoms with E-state index in [1.165, 1.54) is 32.1 Å². The summed E-state index contributed by atoms with van der Waals surface area (Å²) in [6.45, 7) is 4.30. The minimum absolute atomic E-state index is 0.168. The van der Waals surface area contributed by atoms with Crippen molar-refractivity contribution >= 4 is 19.7 Å². The Labute approximate surface area is 125 Å². The Kier molecular flexibility index (Phi) is 4.97. The van der Waals surface area contributed by atoms with Gasteiger partial charge in [0.05, 0.1) is 11.5 Å². The van der Waals surface area contributed by atoms with Crippen molar-refractivity contribution in [3.8, 4) is 5.75 Å². The van der Waals surface area contributed by atoms with E-state index in [2.05, 4.69) is 0 Å². The number of ether oxygens (including phenoxy) is 1. The van der Waals surface area contributed by atoms with Crippen LogP contribution in [0, 0.1) is 19.8 Å². The Morgan fingerprint density at radius 3 is 2.40 bits per heavy atom. The van der Waals surface area contributed by atoms with Crippen LogP contribution >= 0.6 is 10.7 Å². The van der Waals surface area contributed by atoms with Crippen LogP contribution < -0.4 is 4.74 Å². The van der Waals surface area contributed by atoms with Crippen molar-refractivity contribution in [2.24, 2.45) is 5.92 Å². The third-order valence-corrected chi connectivity index (χ3v) is 5.40. The molecule has 1 fully saturated rings. The third-order valence-electron chi connectivity index (χ3n) is 3.93. The molecule has 0 unspecified atom stereocenters. The SMILES string of the molecule is Cc1cc(S(=O)(=O)Cl)c(C)cc1OCC1CCCCC1. The molecule has 0 aromatic heterocycles. The lowest BCUT2D eigenvalue weighted by Gasteiger charge is -2.22. The number of aryl methyl sites for hydroxylation is 2. The van der Waals surface area contributed by atoms with E-state index >= 15 is 0 Å². The van der Waals surface area contributed by atoms with Crippen LogP contribution in [-0.4, -0.2) is 15.0 Å². The van der Waals surface area contributed by atoms with E-state index in [1.54, 1.807) is 19.1 Å². The molecule has 0 bridgehead atoms. The van der Waals surface area contributed by atoms with Crippen molar-refractivity contribution in [3.05, 3.63) is 23.3 Å². The molecule has 1 aliphatic rings. The van der Waals surface area contributed by atoms with Crippen molar-refractivity contribution in [2.75, 3.05) is 6.61 Å². The Morgan fingerprint density at radius 2 is 1.80 bits per heavy atom. The number of hydrogen-bond acceptors (Lipinski definition) is 3. The van der Waals surface area contributed by atoms with Crippen molar-refractivity contribution in [1.82, 2.24) is 0 Å². The second-order valence-electron chi connectivity index (χ2n) is 5.64. The summed E-state index contributed by atoms with van der Waals surface area (Å²) >= 11 is 0. The Morgan fingerprint density at radius 1 is 1.15 bits per heavy atom. The average molecular weight is 317 g/mol. The highest BCUT2D eigenvalue weighted by Crippen LogP contribution is 2.29. The summed E-state index contributed by atoms with van der Waals surface area (Å²) in [4.78, 5) is 0.168. The number of hydrogen-bond donors (Lipinski definition) is 0. The Balaban J connectivity index is 2.11. The predicted octanol–water partition coefficient (Wildman–Crippen LogP) is 4.19. The smallest absolute Gasteiger partial charge is 0.261 e. The van der Waals surface area contributed by atoms with Crippen LogP contribution in [0.5, 0.6) is 5.75 Å². The Bertz CT molecular complexity index is 575. The van der Waals surface area contributed by atoms with Gasteiger partial charge in [0.2, 0.25) is 0 Å². The van der Waals surface area contributed by atoms with Crippen LogP contribution in [0.4, 0.5) is 0 Å². The normalized spacial score (nSPS) is 17.1. The van der Waals surface area contributed by atoms with E-state index < -0.39 is 9.05 Å². The van der Waals surface area contributed by atoms with Crippen LogP contribution in [0.2, 0.25) is 0 Å². The topological polar surface area (TPSA) is 43.4 Å². The van der Waals surface area contributed by atoms with Crippen LogP contribution in [0.15, 0.2) is 17.0 Å². The molecular formula is C15H21ClO3S. The van der Waals surface area contributed by atoms with E-state index in [0.717, 1.165) is 11.3 Å². The van der Waals surface area contributed by atoms with E-state index in [0.29, 0.717) is 18.1 Å². The number of rotatable bonds is 4. The molecule has 1 aliphatic carbocycles. The quantitative estimate of drug-likeness (QED) is 0.782. The summed E-state index contributed by atoms with van der Waals surface area (Å²) in [5.41, 5.74) is 1.44. The van der Waals surface area contributed by atoms with Gasteiger partial charge in [-0.25, -0.2) is 8.42 Å². The van der Waals surface area contributed by atoms with Gasteiger partial charge in [0.25, 0.3) is 9.05 Å². The monoisotopic (exact) mass is 316 g/mol. The van der Waals surface area contributed by atoms with Gasteiger partial charge in [-0.1, -0.05) is 19.3 Å². The molecule has 0 saturated heterocycles. The van der Waals surface area contributed by atoms with Crippen molar-refractivity contribution < 1.29 is 13.2 Å². The van der Waals surface area contributed by atoms with Crippen LogP contribution in [0.25, 0.3) is 0 Å². The molecule has 5 heteroatoms. The summed E-state index contributed by atoms with van der Waals surface area (Å²) in [5, 5.41) is 0. The van der Waals surface area contributed by atoms with E-state index in [1.807, 2.05) is 6.92 Å². The number of benzene rings is 1. The molecular weight excluding hydrogens is 296 g/mol. The maximum absolute atomic E-state index is 11.4. The molecule has 0 heterocycles. The fraction of sp³-hybridized carbons (Fsp3) is 0.600. The van der Waals surface area contributed by atoms with E-state index in [9.17, 15) is 8.42 Å². The summed E-state index contributed by atoms with van der Waals surface area (Å²) < 4.78 is 28.8. The molecule has 2 rings (SSSR count). The van der Waals surface area contributed by atoms with Crippen molar-refractivity contribution in [3.63, 3.8) is 0 Å². The molecule has 20 heavy (non-hydrogen) atoms. The van der Waals surface area contributed by atoms with Gasteiger partial charge < -0.3 is 4.74 Å². The summed E-state index contributed by atoms with van der Waals surface area (Å²) in [6.07, 6.45) is 6.36. The molecule has 0 N–H and O–H groups in total. The molecule has 1 aromatic carbocycles. The Hall–Kier alpha value is -0.740. The van der Waals surface area contributed by atoms with Crippen LogP contribution in [-0.2, 0) is 9.05 Å². The molecule has 0 amide bonds. The zero-order chi connectivity index (χ0) is 14.8. The average Bonchev–Trinajstić information content (AvgIpc) is 2.39. The molecule has 3 nitrogen and oxygen atoms in total. The fourth-order valence-corrected chi connectivity index (χ4v) is 4.00.